The fourth-order valence-corrected chi connectivity index (χ4v) is 5.10. The first-order valence-corrected chi connectivity index (χ1v) is 12.5. The van der Waals surface area contributed by atoms with Gasteiger partial charge >= 0.3 is 0 Å². The molecule has 0 spiro atoms. The number of imidazole rings is 1. The van der Waals surface area contributed by atoms with Crippen molar-refractivity contribution in [3.63, 3.8) is 0 Å². The van der Waals surface area contributed by atoms with Gasteiger partial charge in [0.2, 0.25) is 0 Å². The molecule has 0 bridgehead atoms. The van der Waals surface area contributed by atoms with Gasteiger partial charge in [-0.25, -0.2) is 4.98 Å². The molecule has 0 atom stereocenters. The first kappa shape index (κ1) is 24.8. The zero-order valence-corrected chi connectivity index (χ0v) is 23.0. The van der Waals surface area contributed by atoms with E-state index in [2.05, 4.69) is 59.2 Å². The summed E-state index contributed by atoms with van der Waals surface area (Å²) in [6.45, 7) is 0. The van der Waals surface area contributed by atoms with Crippen LogP contribution in [0.3, 0.4) is 0 Å². The van der Waals surface area contributed by atoms with Gasteiger partial charge < -0.3 is 5.11 Å². The number of benzene rings is 5. The fourth-order valence-electron chi connectivity index (χ4n) is 5.10. The Bertz CT molecular complexity index is 1940. The second-order valence-corrected chi connectivity index (χ2v) is 9.16. The van der Waals surface area contributed by atoms with Crippen LogP contribution in [-0.2, 0) is 21.1 Å². The van der Waals surface area contributed by atoms with Gasteiger partial charge in [0.1, 0.15) is 11.6 Å². The third-order valence-electron chi connectivity index (χ3n) is 6.86. The maximum Gasteiger partial charge on any atom is 0.148 e. The zero-order valence-electron chi connectivity index (χ0n) is 20.7. The Morgan fingerprint density at radius 2 is 1.36 bits per heavy atom. The molecule has 0 aliphatic carbocycles. The molecule has 0 aliphatic rings. The number of fused-ring (bicyclic) bond motifs is 2. The van der Waals surface area contributed by atoms with Crippen LogP contribution in [0.5, 0.6) is 5.75 Å². The van der Waals surface area contributed by atoms with E-state index in [1.165, 1.54) is 0 Å². The molecule has 0 saturated heterocycles. The number of pyridine rings is 1. The summed E-state index contributed by atoms with van der Waals surface area (Å²) in [4.78, 5) is 9.82. The Labute approximate surface area is 240 Å². The van der Waals surface area contributed by atoms with Gasteiger partial charge in [0.25, 0.3) is 0 Å². The molecule has 5 aromatic carbocycles. The van der Waals surface area contributed by atoms with Gasteiger partial charge in [0.05, 0.1) is 16.6 Å². The molecule has 5 heteroatoms. The van der Waals surface area contributed by atoms with Crippen molar-refractivity contribution in [3.05, 3.63) is 134 Å². The summed E-state index contributed by atoms with van der Waals surface area (Å²) < 4.78 is 2.10. The topological polar surface area (TPSA) is 50.9 Å². The summed E-state index contributed by atoms with van der Waals surface area (Å²) in [5.74, 6) is 0.876. The van der Waals surface area contributed by atoms with E-state index < -0.39 is 0 Å². The van der Waals surface area contributed by atoms with E-state index in [0.29, 0.717) is 11.4 Å². The number of hydrogen-bond donors (Lipinski definition) is 1. The summed E-state index contributed by atoms with van der Waals surface area (Å²) in [7, 11) is 0. The quantitative estimate of drug-likeness (QED) is 0.191. The Kier molecular flexibility index (Phi) is 6.56. The monoisotopic (exact) mass is 683 g/mol. The third-order valence-corrected chi connectivity index (χ3v) is 6.86. The molecule has 0 saturated carbocycles. The van der Waals surface area contributed by atoms with Crippen molar-refractivity contribution in [2.24, 2.45) is 0 Å². The van der Waals surface area contributed by atoms with Crippen LogP contribution in [0.15, 0.2) is 128 Å². The largest absolute Gasteiger partial charge is 0.507 e. The molecule has 2 heterocycles. The number of aromatic hydroxyl groups is 1. The Morgan fingerprint density at radius 3 is 2.23 bits per heavy atom. The molecule has 0 unspecified atom stereocenters. The maximum absolute atomic E-state index is 10.7. The second kappa shape index (κ2) is 10.3. The molecule has 7 aromatic rings. The van der Waals surface area contributed by atoms with Gasteiger partial charge in [0.15, 0.2) is 0 Å². The van der Waals surface area contributed by atoms with Crippen molar-refractivity contribution in [3.8, 4) is 45.2 Å². The van der Waals surface area contributed by atoms with E-state index >= 15 is 0 Å². The minimum Gasteiger partial charge on any atom is -0.507 e. The number of rotatable bonds is 4. The number of phenolic OH excluding ortho intramolecular Hbond substituents is 1. The predicted octanol–water partition coefficient (Wildman–Crippen LogP) is 8.08. The van der Waals surface area contributed by atoms with E-state index in [1.54, 1.807) is 6.07 Å². The number of hydrogen-bond acceptors (Lipinski definition) is 3. The standard InChI is InChI=1S/C34H22N3O.Pt/c38-31-19-7-6-16-29(31)34-36-33-28(17-9-18-30(33)37(34)26-13-2-1-3-14-26)24-11-8-12-25(22-24)32-27-15-5-4-10-23(27)20-21-35-32;/h1-21,38H;/q-1;. The number of phenols is 1. The average molecular weight is 684 g/mol. The molecule has 0 aliphatic heterocycles. The van der Waals surface area contributed by atoms with Crippen molar-refractivity contribution in [2.45, 2.75) is 0 Å². The van der Waals surface area contributed by atoms with Crippen molar-refractivity contribution in [1.82, 2.24) is 14.5 Å². The van der Waals surface area contributed by atoms with E-state index in [0.717, 1.165) is 49.9 Å². The average Bonchev–Trinajstić information content (AvgIpc) is 3.37. The molecule has 39 heavy (non-hydrogen) atoms. The van der Waals surface area contributed by atoms with Crippen LogP contribution in [0.2, 0.25) is 0 Å². The first-order chi connectivity index (χ1) is 18.8. The van der Waals surface area contributed by atoms with Crippen LogP contribution >= 0.6 is 0 Å². The summed E-state index contributed by atoms with van der Waals surface area (Å²) in [5, 5.41) is 13.0. The molecule has 190 valence electrons. The van der Waals surface area contributed by atoms with E-state index in [9.17, 15) is 5.11 Å². The number of para-hydroxylation sites is 3. The number of aromatic nitrogens is 3. The molecular weight excluding hydrogens is 661 g/mol. The Balaban J connectivity index is 0.00000277. The summed E-state index contributed by atoms with van der Waals surface area (Å²) >= 11 is 0. The molecule has 4 nitrogen and oxygen atoms in total. The molecule has 7 rings (SSSR count). The second-order valence-electron chi connectivity index (χ2n) is 9.16. The van der Waals surface area contributed by atoms with Gasteiger partial charge in [-0.1, -0.05) is 77.9 Å². The van der Waals surface area contributed by atoms with E-state index in [1.807, 2.05) is 72.9 Å². The predicted molar refractivity (Wildman–Crippen MR) is 153 cm³/mol. The minimum atomic E-state index is 0. The van der Waals surface area contributed by atoms with Crippen molar-refractivity contribution >= 4 is 21.8 Å². The van der Waals surface area contributed by atoms with Crippen LogP contribution in [0.25, 0.3) is 61.3 Å². The molecular formula is C34H22N3OPt-. The van der Waals surface area contributed by atoms with Gasteiger partial charge in [-0.15, -0.1) is 29.8 Å². The van der Waals surface area contributed by atoms with E-state index in [-0.39, 0.29) is 26.8 Å². The number of nitrogens with zero attached hydrogens (tertiary/aromatic N) is 3. The normalized spacial score (nSPS) is 11.0. The Morgan fingerprint density at radius 1 is 0.641 bits per heavy atom. The van der Waals surface area contributed by atoms with Gasteiger partial charge in [-0.2, -0.15) is 0 Å². The van der Waals surface area contributed by atoms with Crippen LogP contribution in [0.1, 0.15) is 0 Å². The fraction of sp³-hybridized carbons (Fsp3) is 0. The third kappa shape index (κ3) is 4.33. The summed E-state index contributed by atoms with van der Waals surface area (Å²) in [6, 6.07) is 43.7. The zero-order chi connectivity index (χ0) is 25.5. The summed E-state index contributed by atoms with van der Waals surface area (Å²) in [6.07, 6.45) is 1.85. The summed E-state index contributed by atoms with van der Waals surface area (Å²) in [5.41, 5.74) is 7.18. The van der Waals surface area contributed by atoms with Crippen LogP contribution in [0, 0.1) is 6.07 Å². The molecule has 2 aromatic heterocycles. The van der Waals surface area contributed by atoms with Crippen molar-refractivity contribution in [2.75, 3.05) is 0 Å². The molecule has 0 fully saturated rings. The van der Waals surface area contributed by atoms with E-state index in [4.69, 9.17) is 9.97 Å². The van der Waals surface area contributed by atoms with Gasteiger partial charge in [-0.3, -0.25) is 9.55 Å². The maximum atomic E-state index is 10.7. The molecule has 0 amide bonds. The Hall–Kier alpha value is -4.53. The van der Waals surface area contributed by atoms with Crippen LogP contribution < -0.4 is 0 Å². The van der Waals surface area contributed by atoms with Crippen molar-refractivity contribution in [1.29, 1.82) is 0 Å². The van der Waals surface area contributed by atoms with Crippen molar-refractivity contribution < 1.29 is 26.2 Å². The smallest absolute Gasteiger partial charge is 0.148 e. The first-order valence-electron chi connectivity index (χ1n) is 12.5. The molecule has 0 radical (unpaired) electrons. The SMILES string of the molecule is Oc1ccccc1-c1nc2c(-c3[c-]c(-c4nccc5ccccc45)ccc3)cccc2n1-c1ccccc1.[Pt]. The minimum absolute atomic E-state index is 0. The van der Waals surface area contributed by atoms with Crippen LogP contribution in [0.4, 0.5) is 0 Å². The van der Waals surface area contributed by atoms with Gasteiger partial charge in [-0.05, 0) is 47.2 Å². The molecule has 1 N–H and O–H groups in total. The van der Waals surface area contributed by atoms with Gasteiger partial charge in [0, 0.05) is 38.6 Å². The van der Waals surface area contributed by atoms with Crippen LogP contribution in [-0.4, -0.2) is 19.6 Å².